The van der Waals surface area contributed by atoms with E-state index in [9.17, 15) is 19.2 Å². The van der Waals surface area contributed by atoms with Crippen LogP contribution < -0.4 is 16.0 Å². The Bertz CT molecular complexity index is 800. The van der Waals surface area contributed by atoms with Crippen LogP contribution in [-0.4, -0.2) is 53.7 Å². The van der Waals surface area contributed by atoms with E-state index in [0.29, 0.717) is 16.8 Å². The number of hydrogen-bond acceptors (Lipinski definition) is 6. The first-order chi connectivity index (χ1) is 12.6. The molecule has 1 aromatic rings. The van der Waals surface area contributed by atoms with Crippen LogP contribution in [0, 0.1) is 0 Å². The van der Waals surface area contributed by atoms with Gasteiger partial charge >= 0.3 is 0 Å². The van der Waals surface area contributed by atoms with Crippen molar-refractivity contribution in [2.75, 3.05) is 18.4 Å². The Hall–Kier alpha value is -2.74. The summed E-state index contributed by atoms with van der Waals surface area (Å²) in [6.45, 7) is 1.81. The van der Waals surface area contributed by atoms with Crippen LogP contribution in [0.5, 0.6) is 0 Å². The van der Waals surface area contributed by atoms with Gasteiger partial charge in [-0.2, -0.15) is 0 Å². The van der Waals surface area contributed by atoms with Gasteiger partial charge in [0, 0.05) is 18.2 Å². The molecule has 0 saturated carbocycles. The fourth-order valence-corrected chi connectivity index (χ4v) is 3.82. The molecule has 2 saturated heterocycles. The number of anilines is 1. The molecule has 0 bridgehead atoms. The Balaban J connectivity index is 1.62. The number of fused-ring (bicyclic) bond motifs is 1. The molecule has 3 heterocycles. The Morgan fingerprint density at radius 1 is 1.00 bits per heavy atom. The third-order valence-corrected chi connectivity index (χ3v) is 5.17. The second kappa shape index (κ2) is 6.53. The van der Waals surface area contributed by atoms with Gasteiger partial charge in [0.25, 0.3) is 11.8 Å². The van der Waals surface area contributed by atoms with Crippen molar-refractivity contribution in [3.8, 4) is 0 Å². The van der Waals surface area contributed by atoms with Gasteiger partial charge in [-0.05, 0) is 44.5 Å². The van der Waals surface area contributed by atoms with E-state index in [1.165, 1.54) is 0 Å². The second-order valence-electron chi connectivity index (χ2n) is 6.84. The summed E-state index contributed by atoms with van der Waals surface area (Å²) in [5.74, 6) is -1.93. The zero-order valence-electron chi connectivity index (χ0n) is 14.2. The monoisotopic (exact) mass is 356 g/mol. The van der Waals surface area contributed by atoms with Crippen LogP contribution in [0.2, 0.25) is 0 Å². The van der Waals surface area contributed by atoms with Gasteiger partial charge < -0.3 is 10.6 Å². The van der Waals surface area contributed by atoms with Crippen molar-refractivity contribution in [2.24, 2.45) is 0 Å². The van der Waals surface area contributed by atoms with Crippen LogP contribution in [-0.2, 0) is 9.59 Å². The van der Waals surface area contributed by atoms with E-state index in [1.807, 2.05) is 0 Å². The molecule has 26 heavy (non-hydrogen) atoms. The van der Waals surface area contributed by atoms with E-state index >= 15 is 0 Å². The van der Waals surface area contributed by atoms with Gasteiger partial charge in [-0.15, -0.1) is 0 Å². The molecule has 4 rings (SSSR count). The van der Waals surface area contributed by atoms with E-state index in [0.717, 1.165) is 30.8 Å². The molecule has 1 atom stereocenters. The minimum Gasteiger partial charge on any atom is -0.382 e. The summed E-state index contributed by atoms with van der Waals surface area (Å²) in [6.07, 6.45) is 2.14. The second-order valence-corrected chi connectivity index (χ2v) is 6.84. The molecule has 0 spiro atoms. The van der Waals surface area contributed by atoms with Crippen molar-refractivity contribution in [2.45, 2.75) is 37.8 Å². The van der Waals surface area contributed by atoms with Crippen molar-refractivity contribution < 1.29 is 19.2 Å². The van der Waals surface area contributed by atoms with Crippen LogP contribution in [0.4, 0.5) is 5.69 Å². The van der Waals surface area contributed by atoms with Crippen molar-refractivity contribution >= 4 is 29.3 Å². The van der Waals surface area contributed by atoms with Gasteiger partial charge in [-0.3, -0.25) is 29.4 Å². The van der Waals surface area contributed by atoms with Crippen molar-refractivity contribution in [3.63, 3.8) is 0 Å². The fraction of sp³-hybridized carbons (Fsp3) is 0.444. The van der Waals surface area contributed by atoms with Gasteiger partial charge in [0.2, 0.25) is 11.8 Å². The molecule has 136 valence electrons. The highest BCUT2D eigenvalue weighted by atomic mass is 16.2. The van der Waals surface area contributed by atoms with E-state index in [1.54, 1.807) is 18.2 Å². The lowest BCUT2D eigenvalue weighted by Crippen LogP contribution is -2.54. The predicted molar refractivity (Wildman–Crippen MR) is 92.6 cm³/mol. The quantitative estimate of drug-likeness (QED) is 0.670. The number of amides is 4. The molecule has 0 radical (unpaired) electrons. The molecule has 0 aliphatic carbocycles. The number of carbonyl (C=O) groups excluding carboxylic acids is 4. The van der Waals surface area contributed by atoms with E-state index in [2.05, 4.69) is 16.0 Å². The Morgan fingerprint density at radius 3 is 2.50 bits per heavy atom. The maximum atomic E-state index is 13.0. The highest BCUT2D eigenvalue weighted by Crippen LogP contribution is 2.33. The molecule has 1 aromatic carbocycles. The van der Waals surface area contributed by atoms with Crippen molar-refractivity contribution in [3.05, 3.63) is 29.3 Å². The van der Waals surface area contributed by atoms with Gasteiger partial charge in [-0.25, -0.2) is 0 Å². The average Bonchev–Trinajstić information content (AvgIpc) is 2.88. The van der Waals surface area contributed by atoms with Crippen molar-refractivity contribution in [1.29, 1.82) is 0 Å². The fourth-order valence-electron chi connectivity index (χ4n) is 3.82. The van der Waals surface area contributed by atoms with Gasteiger partial charge in [0.1, 0.15) is 6.04 Å². The number of rotatable bonds is 3. The summed E-state index contributed by atoms with van der Waals surface area (Å²) < 4.78 is 0. The first-order valence-corrected chi connectivity index (χ1v) is 8.88. The van der Waals surface area contributed by atoms with Gasteiger partial charge in [-0.1, -0.05) is 6.07 Å². The average molecular weight is 356 g/mol. The largest absolute Gasteiger partial charge is 0.382 e. The summed E-state index contributed by atoms with van der Waals surface area (Å²) in [4.78, 5) is 50.3. The number of piperidine rings is 2. The minimum atomic E-state index is -0.938. The number of benzene rings is 1. The number of nitrogens with one attached hydrogen (secondary N) is 3. The standard InChI is InChI=1S/C18H20N4O4/c23-14-5-4-13(16(24)21-14)22-17(25)11-2-1-3-12(15(11)18(22)26)20-10-6-8-19-9-7-10/h1-3,10,13,19-20H,4-9H2,(H,21,23,24). The summed E-state index contributed by atoms with van der Waals surface area (Å²) in [5.41, 5.74) is 1.25. The number of imide groups is 2. The van der Waals surface area contributed by atoms with Crippen LogP contribution in [0.3, 0.4) is 0 Å². The molecular weight excluding hydrogens is 336 g/mol. The number of nitrogens with zero attached hydrogens (tertiary/aromatic N) is 1. The van der Waals surface area contributed by atoms with Gasteiger partial charge in [0.05, 0.1) is 11.1 Å². The van der Waals surface area contributed by atoms with Crippen molar-refractivity contribution in [1.82, 2.24) is 15.5 Å². The Morgan fingerprint density at radius 2 is 1.77 bits per heavy atom. The predicted octanol–water partition coefficient (Wildman–Crippen LogP) is 0.252. The molecule has 4 amide bonds. The molecule has 1 unspecified atom stereocenters. The molecule has 3 N–H and O–H groups in total. The summed E-state index contributed by atoms with van der Waals surface area (Å²) in [6, 6.07) is 4.43. The minimum absolute atomic E-state index is 0.115. The molecule has 3 aliphatic heterocycles. The number of carbonyl (C=O) groups is 4. The summed E-state index contributed by atoms with van der Waals surface area (Å²) in [5, 5.41) is 8.87. The molecule has 3 aliphatic rings. The lowest BCUT2D eigenvalue weighted by molar-refractivity contribution is -0.136. The van der Waals surface area contributed by atoms with Gasteiger partial charge in [0.15, 0.2) is 0 Å². The smallest absolute Gasteiger partial charge is 0.264 e. The molecule has 0 aromatic heterocycles. The number of hydrogen-bond donors (Lipinski definition) is 3. The van der Waals surface area contributed by atoms with E-state index < -0.39 is 23.8 Å². The maximum absolute atomic E-state index is 13.0. The zero-order chi connectivity index (χ0) is 18.3. The first kappa shape index (κ1) is 16.7. The normalized spacial score (nSPS) is 23.8. The van der Waals surface area contributed by atoms with Crippen LogP contribution >= 0.6 is 0 Å². The highest BCUT2D eigenvalue weighted by Gasteiger charge is 2.45. The maximum Gasteiger partial charge on any atom is 0.264 e. The third-order valence-electron chi connectivity index (χ3n) is 5.17. The topological polar surface area (TPSA) is 108 Å². The SMILES string of the molecule is O=C1CCC(N2C(=O)c3cccc(NC4CCNCC4)c3C2=O)C(=O)N1. The van der Waals surface area contributed by atoms with Crippen LogP contribution in [0.25, 0.3) is 0 Å². The molecule has 8 nitrogen and oxygen atoms in total. The lowest BCUT2D eigenvalue weighted by Gasteiger charge is -2.28. The summed E-state index contributed by atoms with van der Waals surface area (Å²) in [7, 11) is 0. The lowest BCUT2D eigenvalue weighted by atomic mass is 10.0. The summed E-state index contributed by atoms with van der Waals surface area (Å²) >= 11 is 0. The zero-order valence-corrected chi connectivity index (χ0v) is 14.2. The van der Waals surface area contributed by atoms with E-state index in [-0.39, 0.29) is 24.8 Å². The van der Waals surface area contributed by atoms with Crippen LogP contribution in [0.1, 0.15) is 46.4 Å². The molecular formula is C18H20N4O4. The molecule has 2 fully saturated rings. The molecule has 8 heteroatoms. The first-order valence-electron chi connectivity index (χ1n) is 8.88. The Kier molecular flexibility index (Phi) is 4.20. The Labute approximate surface area is 150 Å². The third kappa shape index (κ3) is 2.76. The highest BCUT2D eigenvalue weighted by molar-refractivity contribution is 6.25. The van der Waals surface area contributed by atoms with Crippen LogP contribution in [0.15, 0.2) is 18.2 Å². The van der Waals surface area contributed by atoms with E-state index in [4.69, 9.17) is 0 Å².